The number of ketones is 1. The molecule has 11 heavy (non-hydrogen) atoms. The predicted octanol–water partition coefficient (Wildman–Crippen LogP) is 1.58. The van der Waals surface area contributed by atoms with E-state index in [1.165, 1.54) is 0 Å². The minimum Gasteiger partial charge on any atom is -0.327 e. The first-order valence-corrected chi connectivity index (χ1v) is 4.21. The van der Waals surface area contributed by atoms with Gasteiger partial charge in [0.2, 0.25) is 0 Å². The second kappa shape index (κ2) is 4.50. The molecule has 0 fully saturated rings. The first-order valence-electron chi connectivity index (χ1n) is 4.21. The van der Waals surface area contributed by atoms with Crippen molar-refractivity contribution in [3.63, 3.8) is 0 Å². The maximum atomic E-state index is 11.0. The normalized spacial score (nSPS) is 16.5. The summed E-state index contributed by atoms with van der Waals surface area (Å²) in [6, 6.07) is -0.00472. The van der Waals surface area contributed by atoms with Gasteiger partial charge in [0.1, 0.15) is 5.78 Å². The molecule has 2 heteroatoms. The Bertz CT molecular complexity index is 130. The summed E-state index contributed by atoms with van der Waals surface area (Å²) in [6.45, 7) is 7.74. The van der Waals surface area contributed by atoms with E-state index in [9.17, 15) is 4.79 Å². The molecule has 0 spiro atoms. The summed E-state index contributed by atoms with van der Waals surface area (Å²) in [5, 5.41) is 0. The van der Waals surface area contributed by atoms with Crippen LogP contribution in [0.25, 0.3) is 0 Å². The third-order valence-electron chi connectivity index (χ3n) is 1.88. The lowest BCUT2D eigenvalue weighted by Crippen LogP contribution is -2.32. The number of Topliss-reactive ketones (excluding diaryl/α,β-unsaturated/α-hetero) is 1. The number of carbonyl (C=O) groups is 1. The van der Waals surface area contributed by atoms with Gasteiger partial charge < -0.3 is 5.73 Å². The van der Waals surface area contributed by atoms with Crippen LogP contribution in [0.3, 0.4) is 0 Å². The van der Waals surface area contributed by atoms with Gasteiger partial charge in [0.15, 0.2) is 0 Å². The Kier molecular flexibility index (Phi) is 4.34. The van der Waals surface area contributed by atoms with E-state index >= 15 is 0 Å². The average molecular weight is 157 g/mol. The van der Waals surface area contributed by atoms with Gasteiger partial charge in [-0.05, 0) is 26.2 Å². The zero-order valence-electron chi connectivity index (χ0n) is 7.92. The van der Waals surface area contributed by atoms with Gasteiger partial charge in [-0.15, -0.1) is 0 Å². The van der Waals surface area contributed by atoms with Crippen LogP contribution in [0.1, 0.15) is 34.1 Å². The second-order valence-electron chi connectivity index (χ2n) is 3.71. The van der Waals surface area contributed by atoms with E-state index in [2.05, 4.69) is 13.8 Å². The maximum Gasteiger partial charge on any atom is 0.134 e. The number of nitrogens with two attached hydrogens (primary N) is 1. The predicted molar refractivity (Wildman–Crippen MR) is 47.3 cm³/mol. The van der Waals surface area contributed by atoms with Crippen LogP contribution in [-0.2, 0) is 4.79 Å². The van der Waals surface area contributed by atoms with Crippen LogP contribution in [0.2, 0.25) is 0 Å². The van der Waals surface area contributed by atoms with Gasteiger partial charge >= 0.3 is 0 Å². The summed E-state index contributed by atoms with van der Waals surface area (Å²) < 4.78 is 0. The zero-order valence-corrected chi connectivity index (χ0v) is 7.92. The van der Waals surface area contributed by atoms with E-state index in [4.69, 9.17) is 5.73 Å². The van der Waals surface area contributed by atoms with Crippen LogP contribution >= 0.6 is 0 Å². The van der Waals surface area contributed by atoms with Crippen LogP contribution < -0.4 is 5.73 Å². The lowest BCUT2D eigenvalue weighted by molar-refractivity contribution is -0.121. The maximum absolute atomic E-state index is 11.0. The molecule has 2 nitrogen and oxygen atoms in total. The fraction of sp³-hybridized carbons (Fsp3) is 0.889. The lowest BCUT2D eigenvalue weighted by Gasteiger charge is -2.19. The van der Waals surface area contributed by atoms with Crippen molar-refractivity contribution in [3.05, 3.63) is 0 Å². The van der Waals surface area contributed by atoms with Crippen LogP contribution in [-0.4, -0.2) is 11.8 Å². The third kappa shape index (κ3) is 4.14. The highest BCUT2D eigenvalue weighted by atomic mass is 16.1. The minimum absolute atomic E-state index is 0.00472. The van der Waals surface area contributed by atoms with Gasteiger partial charge in [0, 0.05) is 12.0 Å². The van der Waals surface area contributed by atoms with Gasteiger partial charge in [-0.2, -0.15) is 0 Å². The monoisotopic (exact) mass is 157 g/mol. The summed E-state index contributed by atoms with van der Waals surface area (Å²) in [6.07, 6.45) is 0.910. The Morgan fingerprint density at radius 1 is 1.36 bits per heavy atom. The van der Waals surface area contributed by atoms with E-state index in [0.29, 0.717) is 5.92 Å². The van der Waals surface area contributed by atoms with Crippen molar-refractivity contribution in [1.29, 1.82) is 0 Å². The summed E-state index contributed by atoms with van der Waals surface area (Å²) in [5.41, 5.74) is 5.67. The van der Waals surface area contributed by atoms with Crippen molar-refractivity contribution in [1.82, 2.24) is 0 Å². The topological polar surface area (TPSA) is 43.1 Å². The van der Waals surface area contributed by atoms with Crippen LogP contribution in [0, 0.1) is 11.8 Å². The Morgan fingerprint density at radius 2 is 1.82 bits per heavy atom. The number of carbonyl (C=O) groups excluding carboxylic acids is 1. The largest absolute Gasteiger partial charge is 0.327 e. The fourth-order valence-electron chi connectivity index (χ4n) is 1.26. The highest BCUT2D eigenvalue weighted by molar-refractivity contribution is 5.78. The molecule has 2 N–H and O–H groups in total. The summed E-state index contributed by atoms with van der Waals surface area (Å²) >= 11 is 0. The van der Waals surface area contributed by atoms with Gasteiger partial charge in [0.05, 0.1) is 0 Å². The molecule has 2 atom stereocenters. The standard InChI is InChI=1S/C9H19NO/c1-6(2)5-9(7(3)10)8(4)11/h6-7,9H,5,10H2,1-4H3/t7?,9-/m1/s1. The van der Waals surface area contributed by atoms with E-state index in [1.807, 2.05) is 6.92 Å². The Morgan fingerprint density at radius 3 is 1.91 bits per heavy atom. The molecule has 0 radical (unpaired) electrons. The quantitative estimate of drug-likeness (QED) is 0.673. The van der Waals surface area contributed by atoms with E-state index in [-0.39, 0.29) is 17.7 Å². The van der Waals surface area contributed by atoms with E-state index in [1.54, 1.807) is 6.92 Å². The molecular weight excluding hydrogens is 138 g/mol. The molecule has 0 aliphatic heterocycles. The molecule has 0 saturated carbocycles. The van der Waals surface area contributed by atoms with Crippen molar-refractivity contribution in [2.75, 3.05) is 0 Å². The molecule has 0 bridgehead atoms. The SMILES string of the molecule is CC(=O)[C@H](CC(C)C)C(C)N. The third-order valence-corrected chi connectivity index (χ3v) is 1.88. The molecule has 0 amide bonds. The minimum atomic E-state index is -0.00472. The number of rotatable bonds is 4. The van der Waals surface area contributed by atoms with Crippen LogP contribution in [0.4, 0.5) is 0 Å². The molecule has 0 aromatic rings. The second-order valence-corrected chi connectivity index (χ2v) is 3.71. The van der Waals surface area contributed by atoms with Gasteiger partial charge in [-0.1, -0.05) is 13.8 Å². The van der Waals surface area contributed by atoms with Gasteiger partial charge in [0.25, 0.3) is 0 Å². The number of hydrogen-bond donors (Lipinski definition) is 1. The van der Waals surface area contributed by atoms with Crippen LogP contribution in [0.5, 0.6) is 0 Å². The zero-order chi connectivity index (χ0) is 9.02. The highest BCUT2D eigenvalue weighted by Crippen LogP contribution is 2.15. The molecule has 1 unspecified atom stereocenters. The van der Waals surface area contributed by atoms with Crippen molar-refractivity contribution in [2.24, 2.45) is 17.6 Å². The lowest BCUT2D eigenvalue weighted by atomic mass is 9.89. The molecule has 0 aliphatic rings. The van der Waals surface area contributed by atoms with Crippen molar-refractivity contribution in [3.8, 4) is 0 Å². The molecule has 0 rings (SSSR count). The van der Waals surface area contributed by atoms with Crippen LogP contribution in [0.15, 0.2) is 0 Å². The summed E-state index contributed by atoms with van der Waals surface area (Å²) in [5.74, 6) is 0.818. The van der Waals surface area contributed by atoms with Gasteiger partial charge in [-0.3, -0.25) is 4.79 Å². The molecule has 66 valence electrons. The summed E-state index contributed by atoms with van der Waals surface area (Å²) in [4.78, 5) is 11.0. The molecule has 0 aliphatic carbocycles. The highest BCUT2D eigenvalue weighted by Gasteiger charge is 2.19. The Hall–Kier alpha value is -0.370. The first-order chi connectivity index (χ1) is 4.95. The first kappa shape index (κ1) is 10.6. The molecular formula is C9H19NO. The molecule has 0 saturated heterocycles. The number of hydrogen-bond acceptors (Lipinski definition) is 2. The summed E-state index contributed by atoms with van der Waals surface area (Å²) in [7, 11) is 0. The van der Waals surface area contributed by atoms with Crippen molar-refractivity contribution >= 4 is 5.78 Å². The van der Waals surface area contributed by atoms with E-state index < -0.39 is 0 Å². The Labute approximate surface area is 69.2 Å². The fourth-order valence-corrected chi connectivity index (χ4v) is 1.26. The molecule has 0 aromatic heterocycles. The smallest absolute Gasteiger partial charge is 0.134 e. The molecule has 0 aromatic carbocycles. The van der Waals surface area contributed by atoms with Crippen molar-refractivity contribution < 1.29 is 4.79 Å². The van der Waals surface area contributed by atoms with Crippen molar-refractivity contribution in [2.45, 2.75) is 40.2 Å². The molecule has 0 heterocycles. The Balaban J connectivity index is 4.01. The average Bonchev–Trinajstić information content (AvgIpc) is 1.81. The van der Waals surface area contributed by atoms with E-state index in [0.717, 1.165) is 6.42 Å². The van der Waals surface area contributed by atoms with Gasteiger partial charge in [-0.25, -0.2) is 0 Å².